The van der Waals surface area contributed by atoms with Gasteiger partial charge in [0.15, 0.2) is 0 Å². The van der Waals surface area contributed by atoms with Crippen LogP contribution in [0.2, 0.25) is 0 Å². The van der Waals surface area contributed by atoms with Crippen molar-refractivity contribution in [2.75, 3.05) is 6.61 Å². The van der Waals surface area contributed by atoms with Crippen molar-refractivity contribution in [1.82, 2.24) is 0 Å². The van der Waals surface area contributed by atoms with Gasteiger partial charge in [-0.25, -0.2) is 0 Å². The Bertz CT molecular complexity index is 310. The molecule has 0 radical (unpaired) electrons. The summed E-state index contributed by atoms with van der Waals surface area (Å²) in [5.74, 6) is 1.01. The second kappa shape index (κ2) is 7.93. The Morgan fingerprint density at radius 1 is 1.12 bits per heavy atom. The number of rotatable bonds is 7. The standard InChI is InChI=1S/C14H21IO/c1-3-4-5-6-7-10-16-13-8-9-14(15)12(2)11-13/h8-9,11H,3-7,10H2,1-2H3. The third kappa shape index (κ3) is 5.19. The minimum absolute atomic E-state index is 0.851. The summed E-state index contributed by atoms with van der Waals surface area (Å²) in [6.45, 7) is 5.21. The van der Waals surface area contributed by atoms with Gasteiger partial charge in [-0.2, -0.15) is 0 Å². The number of hydrogen-bond donors (Lipinski definition) is 0. The Morgan fingerprint density at radius 3 is 2.56 bits per heavy atom. The average molecular weight is 332 g/mol. The molecule has 0 aliphatic heterocycles. The van der Waals surface area contributed by atoms with Gasteiger partial charge in [0.25, 0.3) is 0 Å². The summed E-state index contributed by atoms with van der Waals surface area (Å²) < 4.78 is 7.02. The highest BCUT2D eigenvalue weighted by atomic mass is 127. The van der Waals surface area contributed by atoms with E-state index in [0.29, 0.717) is 0 Å². The highest BCUT2D eigenvalue weighted by Crippen LogP contribution is 2.18. The lowest BCUT2D eigenvalue weighted by molar-refractivity contribution is 0.304. The van der Waals surface area contributed by atoms with Crippen molar-refractivity contribution in [3.8, 4) is 5.75 Å². The summed E-state index contributed by atoms with van der Waals surface area (Å²) in [5.41, 5.74) is 1.30. The largest absolute Gasteiger partial charge is 0.494 e. The Kier molecular flexibility index (Phi) is 6.85. The summed E-state index contributed by atoms with van der Waals surface area (Å²) >= 11 is 2.35. The summed E-state index contributed by atoms with van der Waals surface area (Å²) in [6, 6.07) is 6.29. The Hall–Kier alpha value is -0.250. The third-order valence-electron chi connectivity index (χ3n) is 2.65. The van der Waals surface area contributed by atoms with E-state index in [2.05, 4.69) is 54.6 Å². The second-order valence-electron chi connectivity index (χ2n) is 4.17. The molecule has 2 heteroatoms. The molecule has 90 valence electrons. The molecule has 0 saturated heterocycles. The Labute approximate surface area is 113 Å². The zero-order chi connectivity index (χ0) is 11.8. The molecule has 1 nitrogen and oxygen atoms in total. The van der Waals surface area contributed by atoms with Crippen LogP contribution >= 0.6 is 22.6 Å². The molecule has 1 aromatic carbocycles. The first kappa shape index (κ1) is 13.8. The molecule has 0 bridgehead atoms. The van der Waals surface area contributed by atoms with Gasteiger partial charge in [-0.1, -0.05) is 32.6 Å². The van der Waals surface area contributed by atoms with Crippen LogP contribution in [0.1, 0.15) is 44.6 Å². The molecule has 0 saturated carbocycles. The molecule has 0 unspecified atom stereocenters. The molecular formula is C14H21IO. The van der Waals surface area contributed by atoms with Gasteiger partial charge >= 0.3 is 0 Å². The summed E-state index contributed by atoms with van der Waals surface area (Å²) in [7, 11) is 0. The highest BCUT2D eigenvalue weighted by Gasteiger charge is 1.97. The van der Waals surface area contributed by atoms with Crippen molar-refractivity contribution in [2.24, 2.45) is 0 Å². The molecule has 1 aromatic rings. The first-order chi connectivity index (χ1) is 7.74. The van der Waals surface area contributed by atoms with Crippen molar-refractivity contribution in [3.63, 3.8) is 0 Å². The molecule has 0 aromatic heterocycles. The predicted molar refractivity (Wildman–Crippen MR) is 78.2 cm³/mol. The molecule has 0 N–H and O–H groups in total. The van der Waals surface area contributed by atoms with Crippen LogP contribution in [0.4, 0.5) is 0 Å². The predicted octanol–water partition coefficient (Wildman–Crippen LogP) is 4.95. The van der Waals surface area contributed by atoms with Crippen LogP contribution in [0, 0.1) is 10.5 Å². The van der Waals surface area contributed by atoms with Crippen LogP contribution in [0.25, 0.3) is 0 Å². The van der Waals surface area contributed by atoms with E-state index >= 15 is 0 Å². The zero-order valence-electron chi connectivity index (χ0n) is 10.3. The van der Waals surface area contributed by atoms with Crippen LogP contribution in [0.5, 0.6) is 5.75 Å². The zero-order valence-corrected chi connectivity index (χ0v) is 12.4. The van der Waals surface area contributed by atoms with Gasteiger partial charge < -0.3 is 4.74 Å². The lowest BCUT2D eigenvalue weighted by Gasteiger charge is -2.07. The van der Waals surface area contributed by atoms with Crippen molar-refractivity contribution < 1.29 is 4.74 Å². The number of benzene rings is 1. The fourth-order valence-electron chi connectivity index (χ4n) is 1.60. The first-order valence-corrected chi connectivity index (χ1v) is 7.21. The van der Waals surface area contributed by atoms with Crippen molar-refractivity contribution >= 4 is 22.6 Å². The molecule has 0 atom stereocenters. The number of aryl methyl sites for hydroxylation is 1. The van der Waals surface area contributed by atoms with Gasteiger partial charge in [0.1, 0.15) is 5.75 Å². The van der Waals surface area contributed by atoms with Crippen LogP contribution in [-0.4, -0.2) is 6.61 Å². The first-order valence-electron chi connectivity index (χ1n) is 6.13. The normalized spacial score (nSPS) is 10.4. The van der Waals surface area contributed by atoms with E-state index in [9.17, 15) is 0 Å². The van der Waals surface area contributed by atoms with Gasteiger partial charge in [0.05, 0.1) is 6.61 Å². The van der Waals surface area contributed by atoms with Crippen LogP contribution < -0.4 is 4.74 Å². The summed E-state index contributed by atoms with van der Waals surface area (Å²) in [6.07, 6.45) is 6.45. The molecule has 0 spiro atoms. The molecule has 0 heterocycles. The molecule has 1 rings (SSSR count). The number of unbranched alkanes of at least 4 members (excludes halogenated alkanes) is 4. The van der Waals surface area contributed by atoms with Crippen molar-refractivity contribution in [2.45, 2.75) is 46.0 Å². The average Bonchev–Trinajstić information content (AvgIpc) is 2.28. The lowest BCUT2D eigenvalue weighted by Crippen LogP contribution is -1.97. The Balaban J connectivity index is 2.19. The number of hydrogen-bond acceptors (Lipinski definition) is 1. The maximum Gasteiger partial charge on any atom is 0.119 e. The third-order valence-corrected chi connectivity index (χ3v) is 3.86. The van der Waals surface area contributed by atoms with Crippen LogP contribution in [0.15, 0.2) is 18.2 Å². The van der Waals surface area contributed by atoms with Crippen molar-refractivity contribution in [3.05, 3.63) is 27.3 Å². The quantitative estimate of drug-likeness (QED) is 0.507. The molecular weight excluding hydrogens is 311 g/mol. The lowest BCUT2D eigenvalue weighted by atomic mass is 10.2. The van der Waals surface area contributed by atoms with Gasteiger partial charge in [-0.05, 0) is 59.7 Å². The van der Waals surface area contributed by atoms with E-state index in [-0.39, 0.29) is 0 Å². The molecule has 0 amide bonds. The van der Waals surface area contributed by atoms with E-state index in [1.165, 1.54) is 41.2 Å². The van der Waals surface area contributed by atoms with E-state index in [0.717, 1.165) is 12.4 Å². The molecule has 0 fully saturated rings. The minimum atomic E-state index is 0.851. The fourth-order valence-corrected chi connectivity index (χ4v) is 1.94. The highest BCUT2D eigenvalue weighted by molar-refractivity contribution is 14.1. The van der Waals surface area contributed by atoms with Gasteiger partial charge in [-0.3, -0.25) is 0 Å². The smallest absolute Gasteiger partial charge is 0.119 e. The van der Waals surface area contributed by atoms with E-state index in [4.69, 9.17) is 4.74 Å². The topological polar surface area (TPSA) is 9.23 Å². The minimum Gasteiger partial charge on any atom is -0.494 e. The van der Waals surface area contributed by atoms with E-state index < -0.39 is 0 Å². The maximum absolute atomic E-state index is 5.72. The summed E-state index contributed by atoms with van der Waals surface area (Å²) in [5, 5.41) is 0. The van der Waals surface area contributed by atoms with E-state index in [1.54, 1.807) is 0 Å². The van der Waals surface area contributed by atoms with Gasteiger partial charge in [0.2, 0.25) is 0 Å². The summed E-state index contributed by atoms with van der Waals surface area (Å²) in [4.78, 5) is 0. The SMILES string of the molecule is CCCCCCCOc1ccc(I)c(C)c1. The van der Waals surface area contributed by atoms with Gasteiger partial charge in [0, 0.05) is 3.57 Å². The maximum atomic E-state index is 5.72. The number of halogens is 1. The van der Waals surface area contributed by atoms with E-state index in [1.807, 2.05) is 0 Å². The molecule has 0 aliphatic rings. The second-order valence-corrected chi connectivity index (χ2v) is 5.34. The molecule has 16 heavy (non-hydrogen) atoms. The monoisotopic (exact) mass is 332 g/mol. The van der Waals surface area contributed by atoms with Gasteiger partial charge in [-0.15, -0.1) is 0 Å². The molecule has 0 aliphatic carbocycles. The fraction of sp³-hybridized carbons (Fsp3) is 0.571. The van der Waals surface area contributed by atoms with Crippen molar-refractivity contribution in [1.29, 1.82) is 0 Å². The van der Waals surface area contributed by atoms with Crippen LogP contribution in [-0.2, 0) is 0 Å². The Morgan fingerprint density at radius 2 is 1.88 bits per heavy atom. The van der Waals surface area contributed by atoms with Crippen LogP contribution in [0.3, 0.4) is 0 Å². The number of ether oxygens (including phenoxy) is 1.